The number of amides is 2. The summed E-state index contributed by atoms with van der Waals surface area (Å²) in [5.41, 5.74) is 0.933. The van der Waals surface area contributed by atoms with Crippen LogP contribution >= 0.6 is 11.3 Å². The summed E-state index contributed by atoms with van der Waals surface area (Å²) in [6.45, 7) is 3.31. The summed E-state index contributed by atoms with van der Waals surface area (Å²) in [5, 5.41) is 5.41. The number of nitrogens with one attached hydrogen (secondary N) is 2. The van der Waals surface area contributed by atoms with Crippen molar-refractivity contribution in [3.05, 3.63) is 16.1 Å². The molecule has 0 aliphatic carbocycles. The van der Waals surface area contributed by atoms with Crippen molar-refractivity contribution in [3.63, 3.8) is 0 Å². The number of urea groups is 1. The van der Waals surface area contributed by atoms with Crippen LogP contribution in [0.25, 0.3) is 0 Å². The molecule has 22 heavy (non-hydrogen) atoms. The Morgan fingerprint density at radius 2 is 2.36 bits per heavy atom. The van der Waals surface area contributed by atoms with Crippen LogP contribution in [0, 0.1) is 6.92 Å². The Hall–Kier alpha value is -1.23. The number of aromatic nitrogens is 1. The van der Waals surface area contributed by atoms with E-state index in [1.54, 1.807) is 4.90 Å². The van der Waals surface area contributed by atoms with Gasteiger partial charge in [0.15, 0.2) is 0 Å². The van der Waals surface area contributed by atoms with Crippen LogP contribution in [0.3, 0.4) is 0 Å². The van der Waals surface area contributed by atoms with Gasteiger partial charge in [0.05, 0.1) is 18.9 Å². The Labute approximate surface area is 133 Å². The highest BCUT2D eigenvalue weighted by atomic mass is 32.2. The molecule has 1 saturated heterocycles. The Kier molecular flexibility index (Phi) is 5.73. The fraction of sp³-hybridized carbons (Fsp3) is 0.667. The molecule has 1 aliphatic rings. The summed E-state index contributed by atoms with van der Waals surface area (Å²) in [7, 11) is -1.97. The van der Waals surface area contributed by atoms with Gasteiger partial charge in [-0.25, -0.2) is 22.9 Å². The lowest BCUT2D eigenvalue weighted by Gasteiger charge is -2.32. The number of sulfonamides is 1. The highest BCUT2D eigenvalue weighted by Crippen LogP contribution is 2.25. The average molecular weight is 348 g/mol. The molecule has 0 saturated carbocycles. The Morgan fingerprint density at radius 3 is 3.00 bits per heavy atom. The summed E-state index contributed by atoms with van der Waals surface area (Å²) in [4.78, 5) is 18.1. The van der Waals surface area contributed by atoms with Gasteiger partial charge in [0.25, 0.3) is 0 Å². The van der Waals surface area contributed by atoms with E-state index in [2.05, 4.69) is 15.0 Å². The van der Waals surface area contributed by atoms with Gasteiger partial charge in [-0.15, -0.1) is 11.3 Å². The number of hydrogen-bond acceptors (Lipinski definition) is 6. The lowest BCUT2D eigenvalue weighted by molar-refractivity contribution is -0.0154. The third kappa shape index (κ3) is 4.63. The largest absolute Gasteiger partial charge is 0.367 e. The van der Waals surface area contributed by atoms with Gasteiger partial charge in [-0.05, 0) is 14.0 Å². The number of thiazole rings is 1. The van der Waals surface area contributed by atoms with Crippen molar-refractivity contribution in [2.45, 2.75) is 13.0 Å². The smallest absolute Gasteiger partial charge is 0.317 e. The normalized spacial score (nSPS) is 19.2. The molecule has 1 atom stereocenters. The van der Waals surface area contributed by atoms with E-state index in [-0.39, 0.29) is 24.4 Å². The number of morpholine rings is 1. The summed E-state index contributed by atoms with van der Waals surface area (Å²) < 4.78 is 30.4. The van der Waals surface area contributed by atoms with Gasteiger partial charge in [-0.1, -0.05) is 0 Å². The second-order valence-corrected chi connectivity index (χ2v) is 7.82. The molecule has 10 heteroatoms. The van der Waals surface area contributed by atoms with Gasteiger partial charge in [0.2, 0.25) is 10.0 Å². The molecule has 124 valence electrons. The fourth-order valence-corrected chi connectivity index (χ4v) is 3.42. The molecule has 1 aromatic heterocycles. The molecule has 1 unspecified atom stereocenters. The quantitative estimate of drug-likeness (QED) is 0.785. The van der Waals surface area contributed by atoms with Crippen LogP contribution in [0.4, 0.5) is 4.79 Å². The van der Waals surface area contributed by atoms with Gasteiger partial charge in [-0.2, -0.15) is 0 Å². The van der Waals surface area contributed by atoms with Crippen molar-refractivity contribution < 1.29 is 17.9 Å². The first-order valence-electron chi connectivity index (χ1n) is 6.89. The first kappa shape index (κ1) is 17.1. The molecular weight excluding hydrogens is 328 g/mol. The maximum Gasteiger partial charge on any atom is 0.317 e. The van der Waals surface area contributed by atoms with Gasteiger partial charge < -0.3 is 15.0 Å². The second-order valence-electron chi connectivity index (χ2n) is 4.89. The summed E-state index contributed by atoms with van der Waals surface area (Å²) in [6, 6.07) is -0.284. The van der Waals surface area contributed by atoms with Gasteiger partial charge in [0.1, 0.15) is 11.1 Å². The number of rotatable bonds is 5. The van der Waals surface area contributed by atoms with E-state index < -0.39 is 10.0 Å². The van der Waals surface area contributed by atoms with E-state index in [0.29, 0.717) is 19.7 Å². The minimum absolute atomic E-state index is 0.0698. The predicted octanol–water partition coefficient (Wildman–Crippen LogP) is 0.0836. The van der Waals surface area contributed by atoms with Gasteiger partial charge in [0, 0.05) is 24.2 Å². The molecule has 2 N–H and O–H groups in total. The van der Waals surface area contributed by atoms with E-state index in [4.69, 9.17) is 4.74 Å². The Balaban J connectivity index is 1.85. The van der Waals surface area contributed by atoms with Crippen LogP contribution in [0.15, 0.2) is 5.38 Å². The van der Waals surface area contributed by atoms with Gasteiger partial charge >= 0.3 is 6.03 Å². The molecule has 2 rings (SSSR count). The van der Waals surface area contributed by atoms with Crippen molar-refractivity contribution in [2.75, 3.05) is 39.0 Å². The molecule has 2 heterocycles. The lowest BCUT2D eigenvalue weighted by Crippen LogP contribution is -2.48. The number of aryl methyl sites for hydroxylation is 1. The zero-order valence-electron chi connectivity index (χ0n) is 12.5. The number of ether oxygens (including phenoxy) is 1. The van der Waals surface area contributed by atoms with Crippen LogP contribution in [-0.2, 0) is 14.8 Å². The zero-order chi connectivity index (χ0) is 16.2. The van der Waals surface area contributed by atoms with Crippen LogP contribution in [0.1, 0.15) is 16.8 Å². The highest BCUT2D eigenvalue weighted by molar-refractivity contribution is 7.89. The third-order valence-corrected chi connectivity index (χ3v) is 5.64. The van der Waals surface area contributed by atoms with Crippen LogP contribution in [-0.4, -0.2) is 63.4 Å². The fourth-order valence-electron chi connectivity index (χ4n) is 2.01. The maximum atomic E-state index is 12.1. The number of hydrogen-bond donors (Lipinski definition) is 2. The first-order valence-corrected chi connectivity index (χ1v) is 9.42. The topological polar surface area (TPSA) is 101 Å². The van der Waals surface area contributed by atoms with Crippen molar-refractivity contribution in [3.8, 4) is 0 Å². The van der Waals surface area contributed by atoms with E-state index in [0.717, 1.165) is 10.7 Å². The molecular formula is C12H20N4O4S2. The molecule has 1 aliphatic heterocycles. The monoisotopic (exact) mass is 348 g/mol. The van der Waals surface area contributed by atoms with Crippen molar-refractivity contribution >= 4 is 27.4 Å². The zero-order valence-corrected chi connectivity index (χ0v) is 14.2. The summed E-state index contributed by atoms with van der Waals surface area (Å²) in [5.74, 6) is -0.144. The van der Waals surface area contributed by atoms with Crippen molar-refractivity contribution in [1.82, 2.24) is 19.9 Å². The summed E-state index contributed by atoms with van der Waals surface area (Å²) in [6.07, 6.45) is -0.223. The lowest BCUT2D eigenvalue weighted by atomic mass is 10.3. The average Bonchev–Trinajstić information content (AvgIpc) is 2.94. The minimum atomic E-state index is -3.31. The third-order valence-electron chi connectivity index (χ3n) is 3.22. The van der Waals surface area contributed by atoms with Crippen LogP contribution in [0.2, 0.25) is 0 Å². The van der Waals surface area contributed by atoms with E-state index in [1.165, 1.54) is 18.4 Å². The molecule has 8 nitrogen and oxygen atoms in total. The highest BCUT2D eigenvalue weighted by Gasteiger charge is 2.27. The molecule has 0 radical (unpaired) electrons. The van der Waals surface area contributed by atoms with Crippen LogP contribution < -0.4 is 10.0 Å². The van der Waals surface area contributed by atoms with Crippen LogP contribution in [0.5, 0.6) is 0 Å². The maximum absolute atomic E-state index is 12.1. The minimum Gasteiger partial charge on any atom is -0.367 e. The Bertz CT molecular complexity index is 616. The van der Waals surface area contributed by atoms with Gasteiger partial charge in [-0.3, -0.25) is 0 Å². The second kappa shape index (κ2) is 7.36. The SMILES string of the molecule is CNS(=O)(=O)CCNC(=O)N1CCOC(c2nc(C)cs2)C1. The predicted molar refractivity (Wildman–Crippen MR) is 83.4 cm³/mol. The standard InChI is InChI=1S/C12H20N4O4S2/c1-9-8-21-11(15-9)10-7-16(4-5-20-10)12(17)14-3-6-22(18,19)13-2/h8,10,13H,3-7H2,1-2H3,(H,14,17). The first-order chi connectivity index (χ1) is 10.4. The number of carbonyl (C=O) groups is 1. The molecule has 2 amide bonds. The molecule has 0 spiro atoms. The van der Waals surface area contributed by atoms with Crippen molar-refractivity contribution in [2.24, 2.45) is 0 Å². The molecule has 0 bridgehead atoms. The van der Waals surface area contributed by atoms with E-state index in [1.807, 2.05) is 12.3 Å². The van der Waals surface area contributed by atoms with Crippen molar-refractivity contribution in [1.29, 1.82) is 0 Å². The molecule has 0 aromatic carbocycles. The number of nitrogens with zero attached hydrogens (tertiary/aromatic N) is 2. The molecule has 1 aromatic rings. The van der Waals surface area contributed by atoms with E-state index in [9.17, 15) is 13.2 Å². The number of carbonyl (C=O) groups excluding carboxylic acids is 1. The molecule has 1 fully saturated rings. The summed E-state index contributed by atoms with van der Waals surface area (Å²) >= 11 is 1.51. The Morgan fingerprint density at radius 1 is 1.59 bits per heavy atom. The van der Waals surface area contributed by atoms with E-state index >= 15 is 0 Å².